The smallest absolute Gasteiger partial charge is 0.334 e. The van der Waals surface area contributed by atoms with Crippen LogP contribution in [-0.4, -0.2) is 87.1 Å². The summed E-state index contributed by atoms with van der Waals surface area (Å²) < 4.78 is 0. The van der Waals surface area contributed by atoms with Crippen LogP contribution in [0.4, 0.5) is 4.79 Å². The van der Waals surface area contributed by atoms with Gasteiger partial charge in [-0.05, 0) is 36.6 Å². The fourth-order valence-electron chi connectivity index (χ4n) is 4.90. The second-order valence-electron chi connectivity index (χ2n) is 9.76. The van der Waals surface area contributed by atoms with E-state index in [1.807, 2.05) is 31.2 Å². The lowest BCUT2D eigenvalue weighted by Crippen LogP contribution is -2.76. The fraction of sp³-hybridized carbons (Fsp3) is 0.583. The second kappa shape index (κ2) is 11.4. The molecule has 1 aromatic rings. The number of hydrazine groups is 1. The average Bonchev–Trinajstić information content (AvgIpc) is 2.77. The maximum Gasteiger partial charge on any atom is 0.334 e. The molecule has 0 radical (unpaired) electrons. The Hall–Kier alpha value is -2.71. The molecular weight excluding hydrogens is 469 g/mol. The maximum atomic E-state index is 13.5. The molecule has 0 spiro atoms. The lowest BCUT2D eigenvalue weighted by molar-refractivity contribution is -0.190. The highest BCUT2D eigenvalue weighted by atomic mass is 31.0. The van der Waals surface area contributed by atoms with Gasteiger partial charge >= 0.3 is 12.0 Å². The molecule has 4 atom stereocenters. The van der Waals surface area contributed by atoms with E-state index in [1.54, 1.807) is 17.0 Å². The third-order valence-corrected chi connectivity index (χ3v) is 6.88. The van der Waals surface area contributed by atoms with Gasteiger partial charge in [0.25, 0.3) is 0 Å². The van der Waals surface area contributed by atoms with E-state index in [9.17, 15) is 24.3 Å². The number of carboxylic acids is 1. The number of rotatable bonds is 8. The Bertz CT molecular complexity index is 956. The van der Waals surface area contributed by atoms with Crippen LogP contribution in [0.3, 0.4) is 0 Å². The molecule has 2 saturated heterocycles. The number of fused-ring (bicyclic) bond motifs is 1. The molecule has 192 valence electrons. The van der Waals surface area contributed by atoms with Gasteiger partial charge in [-0.15, -0.1) is 9.24 Å². The average molecular weight is 506 g/mol. The summed E-state index contributed by atoms with van der Waals surface area (Å²) in [4.78, 5) is 54.3. The number of carbonyl (C=O) groups is 4. The van der Waals surface area contributed by atoms with Crippen molar-refractivity contribution in [3.05, 3.63) is 29.8 Å². The van der Waals surface area contributed by atoms with E-state index in [0.717, 1.165) is 17.3 Å². The molecule has 0 saturated carbocycles. The van der Waals surface area contributed by atoms with Crippen LogP contribution >= 0.6 is 9.24 Å². The van der Waals surface area contributed by atoms with Crippen LogP contribution in [0.1, 0.15) is 45.6 Å². The maximum absolute atomic E-state index is 13.5. The van der Waals surface area contributed by atoms with Gasteiger partial charge in [0.05, 0.1) is 13.1 Å². The van der Waals surface area contributed by atoms with Crippen molar-refractivity contribution in [2.45, 2.75) is 64.8 Å². The number of hydrogen-bond donors (Lipinski definition) is 2. The van der Waals surface area contributed by atoms with Gasteiger partial charge in [0.15, 0.2) is 0 Å². The van der Waals surface area contributed by atoms with Crippen molar-refractivity contribution in [3.63, 3.8) is 0 Å². The van der Waals surface area contributed by atoms with Gasteiger partial charge in [-0.1, -0.05) is 38.1 Å². The summed E-state index contributed by atoms with van der Waals surface area (Å²) in [5.41, 5.74) is 0.933. The lowest BCUT2D eigenvalue weighted by Gasteiger charge is -2.55. The number of urea groups is 1. The predicted octanol–water partition coefficient (Wildman–Crippen LogP) is 1.22. The first-order valence-electron chi connectivity index (χ1n) is 12.0. The largest absolute Gasteiger partial charge is 0.481 e. The number of nitrogens with zero attached hydrogens (tertiary/aromatic N) is 4. The van der Waals surface area contributed by atoms with Crippen LogP contribution in [0.2, 0.25) is 0 Å². The predicted molar refractivity (Wildman–Crippen MR) is 134 cm³/mol. The lowest BCUT2D eigenvalue weighted by atomic mass is 9.97. The second-order valence-corrected chi connectivity index (χ2v) is 10.4. The number of amides is 4. The van der Waals surface area contributed by atoms with Crippen LogP contribution in [0, 0.1) is 5.92 Å². The van der Waals surface area contributed by atoms with Gasteiger partial charge in [-0.3, -0.25) is 14.4 Å². The Kier molecular flexibility index (Phi) is 8.72. The van der Waals surface area contributed by atoms with Gasteiger partial charge in [-0.25, -0.2) is 14.8 Å². The quantitative estimate of drug-likeness (QED) is 0.514. The van der Waals surface area contributed by atoms with E-state index >= 15 is 0 Å². The number of aliphatic carboxylic acids is 1. The van der Waals surface area contributed by atoms with Gasteiger partial charge in [0.1, 0.15) is 12.2 Å². The Morgan fingerprint density at radius 2 is 1.83 bits per heavy atom. The van der Waals surface area contributed by atoms with Crippen molar-refractivity contribution in [1.82, 2.24) is 25.1 Å². The molecule has 11 heteroatoms. The summed E-state index contributed by atoms with van der Waals surface area (Å²) in [5.74, 6) is -1.24. The van der Waals surface area contributed by atoms with E-state index in [4.69, 9.17) is 0 Å². The number of carboxylic acid groups (broad SMARTS) is 1. The van der Waals surface area contributed by atoms with Crippen molar-refractivity contribution in [2.75, 3.05) is 20.1 Å². The minimum atomic E-state index is -1.03. The highest BCUT2D eigenvalue weighted by Gasteiger charge is 2.51. The van der Waals surface area contributed by atoms with E-state index in [2.05, 4.69) is 28.4 Å². The fourth-order valence-corrected chi connectivity index (χ4v) is 5.09. The summed E-state index contributed by atoms with van der Waals surface area (Å²) in [5, 5.41) is 16.3. The minimum absolute atomic E-state index is 0.00184. The zero-order valence-electron chi connectivity index (χ0n) is 20.8. The first-order chi connectivity index (χ1) is 16.5. The van der Waals surface area contributed by atoms with E-state index in [-0.39, 0.29) is 49.8 Å². The zero-order chi connectivity index (χ0) is 25.9. The van der Waals surface area contributed by atoms with Gasteiger partial charge in [-0.2, -0.15) is 0 Å². The Labute approximate surface area is 208 Å². The monoisotopic (exact) mass is 505 g/mol. The molecule has 4 amide bonds. The van der Waals surface area contributed by atoms with Crippen LogP contribution in [0.15, 0.2) is 24.3 Å². The Morgan fingerprint density at radius 1 is 1.17 bits per heavy atom. The summed E-state index contributed by atoms with van der Waals surface area (Å²) in [6.45, 7) is 6.49. The minimum Gasteiger partial charge on any atom is -0.481 e. The molecule has 10 nitrogen and oxygen atoms in total. The Morgan fingerprint density at radius 3 is 2.43 bits per heavy atom. The van der Waals surface area contributed by atoms with Crippen molar-refractivity contribution < 1.29 is 24.3 Å². The molecule has 2 fully saturated rings. The molecule has 0 aromatic heterocycles. The van der Waals surface area contributed by atoms with Crippen LogP contribution in [0.5, 0.6) is 0 Å². The summed E-state index contributed by atoms with van der Waals surface area (Å²) >= 11 is 0. The Balaban J connectivity index is 1.88. The van der Waals surface area contributed by atoms with Crippen LogP contribution < -0.4 is 10.6 Å². The van der Waals surface area contributed by atoms with Gasteiger partial charge in [0, 0.05) is 26.1 Å². The summed E-state index contributed by atoms with van der Waals surface area (Å²) in [7, 11) is 4.29. The molecule has 2 aliphatic rings. The molecule has 3 rings (SSSR count). The molecule has 2 heterocycles. The first kappa shape index (κ1) is 26.9. The number of piperazine rings is 1. The van der Waals surface area contributed by atoms with Crippen molar-refractivity contribution in [2.24, 2.45) is 5.92 Å². The summed E-state index contributed by atoms with van der Waals surface area (Å²) in [6.07, 6.45) is -0.206. The van der Waals surface area contributed by atoms with Crippen LogP contribution in [0.25, 0.3) is 0 Å². The first-order valence-corrected chi connectivity index (χ1v) is 12.5. The van der Waals surface area contributed by atoms with Crippen molar-refractivity contribution >= 4 is 38.4 Å². The van der Waals surface area contributed by atoms with E-state index in [0.29, 0.717) is 12.5 Å². The molecule has 3 unspecified atom stereocenters. The number of nitrogens with one attached hydrogen (secondary N) is 1. The number of hydrogen-bond acceptors (Lipinski definition) is 5. The van der Waals surface area contributed by atoms with Gasteiger partial charge < -0.3 is 20.2 Å². The van der Waals surface area contributed by atoms with Gasteiger partial charge in [0.2, 0.25) is 11.8 Å². The van der Waals surface area contributed by atoms with E-state index in [1.165, 1.54) is 9.91 Å². The number of likely N-dealkylation sites (N-methyl/N-ethyl adjacent to an activating group) is 1. The van der Waals surface area contributed by atoms with Crippen molar-refractivity contribution in [3.8, 4) is 0 Å². The molecular formula is C24H36N5O5P. The molecule has 2 aliphatic heterocycles. The van der Waals surface area contributed by atoms with Crippen molar-refractivity contribution in [1.29, 1.82) is 0 Å². The van der Waals surface area contributed by atoms with E-state index < -0.39 is 18.2 Å². The molecule has 0 aliphatic carbocycles. The molecule has 0 bridgehead atoms. The van der Waals surface area contributed by atoms with Crippen LogP contribution in [-0.2, 0) is 20.9 Å². The summed E-state index contributed by atoms with van der Waals surface area (Å²) in [6, 6.07) is 6.30. The zero-order valence-corrected chi connectivity index (χ0v) is 22.0. The molecule has 35 heavy (non-hydrogen) atoms. The number of benzene rings is 1. The molecule has 2 N–H and O–H groups in total. The highest BCUT2D eigenvalue weighted by Crippen LogP contribution is 2.30. The topological polar surface area (TPSA) is 114 Å². The number of carbonyl (C=O) groups excluding carboxylic acids is 3. The standard InChI is InChI=1S/C24H36N5O5P/c1-15(2)11-16(3)27-13-20-28(19(23(27)33)9-10-22(31)32)21(30)14-26(4)29(20)24(34)25-12-17-5-7-18(35)8-6-17/h5-8,15-16,19-20H,9-14,35H2,1-4H3,(H,25,34)(H,31,32)/t16?,19?,20-/m0/s1. The third kappa shape index (κ3) is 6.30. The normalized spacial score (nSPS) is 21.8. The SMILES string of the molecule is CC(C)CC(C)N1C[C@H]2N(C(=O)CN(C)N2C(=O)NCc2ccc(P)cc2)C(CCC(=O)O)C1=O. The molecule has 1 aromatic carbocycles. The third-order valence-electron chi connectivity index (χ3n) is 6.49. The highest BCUT2D eigenvalue weighted by molar-refractivity contribution is 7.27.